The van der Waals surface area contributed by atoms with E-state index in [-0.39, 0.29) is 11.8 Å². The first kappa shape index (κ1) is 14.0. The lowest BCUT2D eigenvalue weighted by Crippen LogP contribution is -2.12. The predicted molar refractivity (Wildman–Crippen MR) is 77.8 cm³/mol. The van der Waals surface area contributed by atoms with E-state index in [1.165, 1.54) is 11.3 Å². The monoisotopic (exact) mass is 295 g/mol. The molecule has 5 heteroatoms. The van der Waals surface area contributed by atoms with Crippen molar-refractivity contribution in [1.82, 2.24) is 4.98 Å². The Morgan fingerprint density at radius 1 is 1.37 bits per heavy atom. The van der Waals surface area contributed by atoms with Crippen LogP contribution < -0.4 is 0 Å². The highest BCUT2D eigenvalue weighted by atomic mass is 35.5. The molecule has 0 aliphatic heterocycles. The average Bonchev–Trinajstić information content (AvgIpc) is 2.71. The number of hydrogen-bond acceptors (Lipinski definition) is 4. The van der Waals surface area contributed by atoms with Crippen molar-refractivity contribution < 1.29 is 9.53 Å². The van der Waals surface area contributed by atoms with Crippen LogP contribution in [0.3, 0.4) is 0 Å². The number of rotatable bonds is 3. The van der Waals surface area contributed by atoms with Gasteiger partial charge in [-0.3, -0.25) is 0 Å². The first-order valence-corrected chi connectivity index (χ1v) is 7.11. The predicted octanol–water partition coefficient (Wildman–Crippen LogP) is 4.34. The van der Waals surface area contributed by atoms with E-state index in [0.29, 0.717) is 4.47 Å². The molecule has 0 bridgehead atoms. The van der Waals surface area contributed by atoms with Gasteiger partial charge in [-0.15, -0.1) is 11.3 Å². The number of hydrogen-bond donors (Lipinski definition) is 0. The lowest BCUT2D eigenvalue weighted by Gasteiger charge is -2.08. The van der Waals surface area contributed by atoms with Gasteiger partial charge < -0.3 is 4.74 Å². The zero-order valence-electron chi connectivity index (χ0n) is 10.9. The third-order valence-electron chi connectivity index (χ3n) is 2.53. The Balaban J connectivity index is 2.47. The summed E-state index contributed by atoms with van der Waals surface area (Å²) in [6.07, 6.45) is -0.183. The summed E-state index contributed by atoms with van der Waals surface area (Å²) < 4.78 is 5.54. The van der Waals surface area contributed by atoms with E-state index in [1.807, 2.05) is 31.2 Å². The van der Waals surface area contributed by atoms with Crippen LogP contribution in [0.5, 0.6) is 0 Å². The molecule has 0 saturated carbocycles. The lowest BCUT2D eigenvalue weighted by atomic mass is 10.1. The number of benzene rings is 1. The van der Waals surface area contributed by atoms with Crippen LogP contribution >= 0.6 is 22.9 Å². The van der Waals surface area contributed by atoms with Crippen molar-refractivity contribution in [3.8, 4) is 10.4 Å². The second-order valence-corrected chi connectivity index (χ2v) is 5.99. The third-order valence-corrected chi connectivity index (χ3v) is 3.72. The normalized spacial score (nSPS) is 10.8. The van der Waals surface area contributed by atoms with Crippen LogP contribution in [0.2, 0.25) is 4.47 Å². The van der Waals surface area contributed by atoms with E-state index >= 15 is 0 Å². The van der Waals surface area contributed by atoms with Crippen LogP contribution in [0.25, 0.3) is 10.4 Å². The van der Waals surface area contributed by atoms with Gasteiger partial charge in [0.15, 0.2) is 10.2 Å². The van der Waals surface area contributed by atoms with Crippen molar-refractivity contribution in [3.05, 3.63) is 40.0 Å². The fourth-order valence-electron chi connectivity index (χ4n) is 1.71. The number of ether oxygens (including phenoxy) is 1. The molecule has 100 valence electrons. The summed E-state index contributed by atoms with van der Waals surface area (Å²) in [5.74, 6) is -0.434. The molecule has 3 nitrogen and oxygen atoms in total. The summed E-state index contributed by atoms with van der Waals surface area (Å²) in [6, 6.07) is 7.81. The molecule has 0 spiro atoms. The Bertz CT molecular complexity index is 607. The molecule has 0 amide bonds. The van der Waals surface area contributed by atoms with Gasteiger partial charge in [0.25, 0.3) is 0 Å². The molecule has 0 unspecified atom stereocenters. The second kappa shape index (κ2) is 5.72. The summed E-state index contributed by atoms with van der Waals surface area (Å²) in [5.41, 5.74) is 2.32. The maximum absolute atomic E-state index is 12.0. The van der Waals surface area contributed by atoms with Crippen molar-refractivity contribution in [2.24, 2.45) is 0 Å². The molecule has 19 heavy (non-hydrogen) atoms. The van der Waals surface area contributed by atoms with Gasteiger partial charge in [0.1, 0.15) is 0 Å². The minimum atomic E-state index is -0.434. The Morgan fingerprint density at radius 3 is 2.68 bits per heavy atom. The van der Waals surface area contributed by atoms with Crippen LogP contribution in [0.4, 0.5) is 0 Å². The maximum Gasteiger partial charge on any atom is 0.358 e. The van der Waals surface area contributed by atoms with E-state index in [2.05, 4.69) is 4.98 Å². The van der Waals surface area contributed by atoms with Crippen LogP contribution in [-0.4, -0.2) is 17.1 Å². The van der Waals surface area contributed by atoms with Gasteiger partial charge in [-0.05, 0) is 31.9 Å². The molecule has 0 aliphatic rings. The molecule has 0 aliphatic carbocycles. The van der Waals surface area contributed by atoms with Crippen LogP contribution in [0.1, 0.15) is 29.9 Å². The number of halogens is 1. The summed E-state index contributed by atoms with van der Waals surface area (Å²) in [7, 11) is 0. The van der Waals surface area contributed by atoms with Crippen molar-refractivity contribution in [1.29, 1.82) is 0 Å². The number of esters is 1. The van der Waals surface area contributed by atoms with E-state index in [1.54, 1.807) is 13.8 Å². The van der Waals surface area contributed by atoms with Gasteiger partial charge in [-0.2, -0.15) is 0 Å². The summed E-state index contributed by atoms with van der Waals surface area (Å²) in [6.45, 7) is 5.60. The summed E-state index contributed by atoms with van der Waals surface area (Å²) in [5, 5.41) is 0. The zero-order chi connectivity index (χ0) is 14.0. The third kappa shape index (κ3) is 3.14. The lowest BCUT2D eigenvalue weighted by molar-refractivity contribution is 0.0373. The van der Waals surface area contributed by atoms with E-state index in [0.717, 1.165) is 16.0 Å². The minimum absolute atomic E-state index is 0.183. The molecule has 0 N–H and O–H groups in total. The largest absolute Gasteiger partial charge is 0.458 e. The fourth-order valence-corrected chi connectivity index (χ4v) is 2.90. The highest BCUT2D eigenvalue weighted by Gasteiger charge is 2.21. The van der Waals surface area contributed by atoms with Crippen molar-refractivity contribution in [2.45, 2.75) is 26.9 Å². The van der Waals surface area contributed by atoms with Gasteiger partial charge in [0.05, 0.1) is 11.0 Å². The molecule has 1 aromatic carbocycles. The zero-order valence-corrected chi connectivity index (χ0v) is 12.5. The molecular formula is C14H14ClNO2S. The average molecular weight is 296 g/mol. The standard InChI is InChI=1S/C14H14ClNO2S/c1-8(2)18-13(17)11-12(19-14(15)16-11)10-7-5-4-6-9(10)3/h4-8H,1-3H3. The van der Waals surface area contributed by atoms with Crippen molar-refractivity contribution in [3.63, 3.8) is 0 Å². The summed E-state index contributed by atoms with van der Waals surface area (Å²) in [4.78, 5) is 16.9. The molecule has 1 heterocycles. The number of aromatic nitrogens is 1. The Morgan fingerprint density at radius 2 is 2.05 bits per heavy atom. The van der Waals surface area contributed by atoms with Crippen LogP contribution in [0.15, 0.2) is 24.3 Å². The maximum atomic E-state index is 12.0. The molecule has 0 fully saturated rings. The molecule has 0 atom stereocenters. The van der Waals surface area contributed by atoms with Crippen LogP contribution in [-0.2, 0) is 4.74 Å². The molecule has 2 rings (SSSR count). The fraction of sp³-hybridized carbons (Fsp3) is 0.286. The molecule has 1 aromatic heterocycles. The van der Waals surface area contributed by atoms with E-state index < -0.39 is 5.97 Å². The first-order chi connectivity index (χ1) is 8.99. The first-order valence-electron chi connectivity index (χ1n) is 5.92. The van der Waals surface area contributed by atoms with Crippen molar-refractivity contribution >= 4 is 28.9 Å². The molecule has 0 radical (unpaired) electrons. The summed E-state index contributed by atoms with van der Waals surface area (Å²) >= 11 is 7.24. The topological polar surface area (TPSA) is 39.2 Å². The highest BCUT2D eigenvalue weighted by molar-refractivity contribution is 7.19. The minimum Gasteiger partial charge on any atom is -0.458 e. The smallest absolute Gasteiger partial charge is 0.358 e. The highest BCUT2D eigenvalue weighted by Crippen LogP contribution is 2.35. The molecule has 0 saturated heterocycles. The van der Waals surface area contributed by atoms with Gasteiger partial charge in [0.2, 0.25) is 0 Å². The van der Waals surface area contributed by atoms with Gasteiger partial charge in [0, 0.05) is 0 Å². The van der Waals surface area contributed by atoms with Crippen molar-refractivity contribution in [2.75, 3.05) is 0 Å². The Hall–Kier alpha value is -1.39. The number of thiazole rings is 1. The second-order valence-electron chi connectivity index (χ2n) is 4.41. The number of aryl methyl sites for hydroxylation is 1. The Labute approximate surface area is 121 Å². The number of carbonyl (C=O) groups is 1. The quantitative estimate of drug-likeness (QED) is 0.791. The van der Waals surface area contributed by atoms with E-state index in [4.69, 9.17) is 16.3 Å². The molecular weight excluding hydrogens is 282 g/mol. The number of carbonyl (C=O) groups excluding carboxylic acids is 1. The van der Waals surface area contributed by atoms with Gasteiger partial charge in [-0.1, -0.05) is 35.9 Å². The molecule has 2 aromatic rings. The van der Waals surface area contributed by atoms with E-state index in [9.17, 15) is 4.79 Å². The van der Waals surface area contributed by atoms with Gasteiger partial charge in [-0.25, -0.2) is 9.78 Å². The number of nitrogens with zero attached hydrogens (tertiary/aromatic N) is 1. The Kier molecular flexibility index (Phi) is 4.22. The van der Waals surface area contributed by atoms with Gasteiger partial charge >= 0.3 is 5.97 Å². The van der Waals surface area contributed by atoms with Crippen LogP contribution in [0, 0.1) is 6.92 Å². The SMILES string of the molecule is Cc1ccccc1-c1sc(Cl)nc1C(=O)OC(C)C.